The van der Waals surface area contributed by atoms with Crippen LogP contribution in [0.1, 0.15) is 20.9 Å². The summed E-state index contributed by atoms with van der Waals surface area (Å²) < 4.78 is 2.75. The van der Waals surface area contributed by atoms with Crippen molar-refractivity contribution < 1.29 is 4.79 Å². The van der Waals surface area contributed by atoms with Crippen molar-refractivity contribution in [2.45, 2.75) is 13.5 Å². The van der Waals surface area contributed by atoms with E-state index in [0.29, 0.717) is 6.54 Å². The molecule has 0 saturated carbocycles. The summed E-state index contributed by atoms with van der Waals surface area (Å²) in [7, 11) is 1.85. The summed E-state index contributed by atoms with van der Waals surface area (Å²) in [6.45, 7) is 2.46. The van der Waals surface area contributed by atoms with Crippen LogP contribution in [-0.2, 0) is 13.6 Å². The van der Waals surface area contributed by atoms with Crippen LogP contribution < -0.4 is 5.32 Å². The number of hydrogen-bond acceptors (Lipinski definition) is 3. The Kier molecular flexibility index (Phi) is 3.63. The van der Waals surface area contributed by atoms with E-state index >= 15 is 0 Å². The minimum atomic E-state index is -0.0509. The molecule has 0 aliphatic rings. The first-order valence-electron chi connectivity index (χ1n) is 5.09. The minimum Gasteiger partial charge on any atom is -0.346 e. The number of nitrogens with one attached hydrogen (secondary N) is 1. The smallest absolute Gasteiger partial charge is 0.261 e. The van der Waals surface area contributed by atoms with Crippen molar-refractivity contribution in [2.75, 3.05) is 0 Å². The van der Waals surface area contributed by atoms with Crippen LogP contribution >= 0.6 is 27.3 Å². The highest BCUT2D eigenvalue weighted by Crippen LogP contribution is 2.27. The Morgan fingerprint density at radius 2 is 2.41 bits per heavy atom. The van der Waals surface area contributed by atoms with E-state index in [2.05, 4.69) is 26.3 Å². The van der Waals surface area contributed by atoms with Crippen LogP contribution in [0.3, 0.4) is 0 Å². The number of hydrogen-bond donors (Lipinski definition) is 1. The average Bonchev–Trinajstić information content (AvgIpc) is 2.83. The van der Waals surface area contributed by atoms with Crippen molar-refractivity contribution in [1.82, 2.24) is 15.1 Å². The molecule has 0 fully saturated rings. The molecule has 4 nitrogen and oxygen atoms in total. The summed E-state index contributed by atoms with van der Waals surface area (Å²) in [6, 6.07) is 3.77. The third-order valence-electron chi connectivity index (χ3n) is 2.43. The largest absolute Gasteiger partial charge is 0.346 e. The second kappa shape index (κ2) is 5.01. The van der Waals surface area contributed by atoms with E-state index in [9.17, 15) is 4.79 Å². The molecule has 2 aromatic heterocycles. The number of carbonyl (C=O) groups is 1. The van der Waals surface area contributed by atoms with Gasteiger partial charge < -0.3 is 5.32 Å². The van der Waals surface area contributed by atoms with Crippen molar-refractivity contribution >= 4 is 33.2 Å². The van der Waals surface area contributed by atoms with Gasteiger partial charge in [0.1, 0.15) is 0 Å². The summed E-state index contributed by atoms with van der Waals surface area (Å²) in [5, 5.41) is 6.92. The predicted octanol–water partition coefficient (Wildman–Crippen LogP) is 2.48. The van der Waals surface area contributed by atoms with E-state index < -0.39 is 0 Å². The van der Waals surface area contributed by atoms with Gasteiger partial charge >= 0.3 is 0 Å². The summed E-state index contributed by atoms with van der Waals surface area (Å²) in [5.41, 5.74) is 2.06. The van der Waals surface area contributed by atoms with E-state index in [1.54, 1.807) is 10.9 Å². The summed E-state index contributed by atoms with van der Waals surface area (Å²) in [4.78, 5) is 12.6. The van der Waals surface area contributed by atoms with E-state index in [0.717, 1.165) is 19.9 Å². The van der Waals surface area contributed by atoms with E-state index in [-0.39, 0.29) is 5.91 Å². The predicted molar refractivity (Wildman–Crippen MR) is 71.1 cm³/mol. The number of carbonyl (C=O) groups excluding carboxylic acids is 1. The normalized spacial score (nSPS) is 10.5. The van der Waals surface area contributed by atoms with Crippen LogP contribution in [-0.4, -0.2) is 15.7 Å². The minimum absolute atomic E-state index is 0.0509. The maximum Gasteiger partial charge on any atom is 0.261 e. The molecule has 6 heteroatoms. The quantitative estimate of drug-likeness (QED) is 0.946. The molecule has 17 heavy (non-hydrogen) atoms. The number of aromatic nitrogens is 2. The maximum absolute atomic E-state index is 11.9. The fourth-order valence-corrected chi connectivity index (χ4v) is 2.86. The Morgan fingerprint density at radius 1 is 1.65 bits per heavy atom. The molecule has 2 rings (SSSR count). The molecular formula is C11H12BrN3OS. The van der Waals surface area contributed by atoms with Crippen LogP contribution in [0, 0.1) is 6.92 Å². The van der Waals surface area contributed by atoms with Gasteiger partial charge in [-0.25, -0.2) is 0 Å². The van der Waals surface area contributed by atoms with Crippen molar-refractivity contribution in [1.29, 1.82) is 0 Å². The highest BCUT2D eigenvalue weighted by Gasteiger charge is 2.11. The first-order chi connectivity index (χ1) is 8.08. The molecule has 0 radical (unpaired) electrons. The SMILES string of the molecule is Cc1cc(C(=O)NCc2ccnn2C)sc1Br. The number of thiophene rings is 1. The lowest BCUT2D eigenvalue weighted by atomic mass is 10.3. The zero-order valence-electron chi connectivity index (χ0n) is 9.53. The molecule has 1 N–H and O–H groups in total. The number of aryl methyl sites for hydroxylation is 2. The number of amides is 1. The van der Waals surface area contributed by atoms with Crippen molar-refractivity contribution in [2.24, 2.45) is 7.05 Å². The van der Waals surface area contributed by atoms with Crippen molar-refractivity contribution in [3.63, 3.8) is 0 Å². The van der Waals surface area contributed by atoms with Crippen molar-refractivity contribution in [3.05, 3.63) is 38.3 Å². The fraction of sp³-hybridized carbons (Fsp3) is 0.273. The fourth-order valence-electron chi connectivity index (χ4n) is 1.40. The Labute approximate surface area is 112 Å². The lowest BCUT2D eigenvalue weighted by molar-refractivity contribution is 0.0954. The highest BCUT2D eigenvalue weighted by atomic mass is 79.9. The van der Waals surface area contributed by atoms with Gasteiger partial charge in [0.05, 0.1) is 20.9 Å². The number of halogens is 1. The second-order valence-electron chi connectivity index (χ2n) is 3.70. The van der Waals surface area contributed by atoms with E-state index in [4.69, 9.17) is 0 Å². The molecule has 2 heterocycles. The highest BCUT2D eigenvalue weighted by molar-refractivity contribution is 9.11. The maximum atomic E-state index is 11.9. The molecule has 0 atom stereocenters. The van der Waals surface area contributed by atoms with Gasteiger partial charge in [0.25, 0.3) is 5.91 Å². The third kappa shape index (κ3) is 2.76. The lowest BCUT2D eigenvalue weighted by Gasteiger charge is -2.03. The molecule has 0 saturated heterocycles. The number of rotatable bonds is 3. The van der Waals surface area contributed by atoms with Gasteiger partial charge in [0.15, 0.2) is 0 Å². The summed E-state index contributed by atoms with van der Waals surface area (Å²) in [6.07, 6.45) is 1.72. The zero-order valence-corrected chi connectivity index (χ0v) is 11.9. The molecule has 1 amide bonds. The van der Waals surface area contributed by atoms with Crippen LogP contribution in [0.5, 0.6) is 0 Å². The second-order valence-corrected chi connectivity index (χ2v) is 6.07. The van der Waals surface area contributed by atoms with Gasteiger partial charge in [0.2, 0.25) is 0 Å². The van der Waals surface area contributed by atoms with Crippen LogP contribution in [0.25, 0.3) is 0 Å². The Hall–Kier alpha value is -1.14. The Bertz CT molecular complexity index is 527. The number of nitrogens with zero attached hydrogens (tertiary/aromatic N) is 2. The Balaban J connectivity index is 2.00. The summed E-state index contributed by atoms with van der Waals surface area (Å²) in [5.74, 6) is -0.0509. The molecular weight excluding hydrogens is 302 g/mol. The van der Waals surface area contributed by atoms with Crippen LogP contribution in [0.2, 0.25) is 0 Å². The molecule has 90 valence electrons. The zero-order chi connectivity index (χ0) is 12.4. The molecule has 0 aliphatic carbocycles. The van der Waals surface area contributed by atoms with Gasteiger partial charge in [-0.3, -0.25) is 9.48 Å². The molecule has 0 aromatic carbocycles. The standard InChI is InChI=1S/C11H12BrN3OS/c1-7-5-9(17-10(7)12)11(16)13-6-8-3-4-14-15(8)2/h3-5H,6H2,1-2H3,(H,13,16). The monoisotopic (exact) mass is 313 g/mol. The van der Waals surface area contributed by atoms with Crippen LogP contribution in [0.15, 0.2) is 22.1 Å². The first-order valence-corrected chi connectivity index (χ1v) is 6.70. The van der Waals surface area contributed by atoms with Gasteiger partial charge in [-0.1, -0.05) is 0 Å². The first kappa shape index (κ1) is 12.3. The van der Waals surface area contributed by atoms with Gasteiger partial charge in [-0.05, 0) is 40.5 Å². The molecule has 0 bridgehead atoms. The topological polar surface area (TPSA) is 46.9 Å². The summed E-state index contributed by atoms with van der Waals surface area (Å²) >= 11 is 4.86. The van der Waals surface area contributed by atoms with Gasteiger partial charge in [-0.2, -0.15) is 5.10 Å². The average molecular weight is 314 g/mol. The van der Waals surface area contributed by atoms with Gasteiger partial charge in [0, 0.05) is 13.2 Å². The van der Waals surface area contributed by atoms with E-state index in [1.807, 2.05) is 26.1 Å². The van der Waals surface area contributed by atoms with Crippen LogP contribution in [0.4, 0.5) is 0 Å². The third-order valence-corrected chi connectivity index (χ3v) is 4.57. The molecule has 0 unspecified atom stereocenters. The Morgan fingerprint density at radius 3 is 2.94 bits per heavy atom. The molecule has 0 spiro atoms. The molecule has 0 aliphatic heterocycles. The molecule has 2 aromatic rings. The van der Waals surface area contributed by atoms with E-state index in [1.165, 1.54) is 11.3 Å². The lowest BCUT2D eigenvalue weighted by Crippen LogP contribution is -2.23. The van der Waals surface area contributed by atoms with Crippen molar-refractivity contribution in [3.8, 4) is 0 Å². The van der Waals surface area contributed by atoms with Gasteiger partial charge in [-0.15, -0.1) is 11.3 Å².